The van der Waals surface area contributed by atoms with E-state index in [0.717, 1.165) is 38.2 Å². The number of carbonyl (C=O) groups is 2. The standard InChI is InChI=1S/C16H19NO7/c18-15(19)12-6-7-14(13(10-12)17(21)22)23-8-9-24-16(20)11-4-2-1-3-5-11/h6-7,10-11H,1-5,8-9H2,(H,18,19). The molecule has 1 saturated carbocycles. The first-order valence-electron chi connectivity index (χ1n) is 7.80. The van der Waals surface area contributed by atoms with E-state index in [2.05, 4.69) is 0 Å². The maximum Gasteiger partial charge on any atom is 0.335 e. The number of hydrogen-bond acceptors (Lipinski definition) is 6. The Morgan fingerprint density at radius 1 is 1.21 bits per heavy atom. The van der Waals surface area contributed by atoms with Gasteiger partial charge >= 0.3 is 17.6 Å². The van der Waals surface area contributed by atoms with Crippen molar-refractivity contribution >= 4 is 17.6 Å². The summed E-state index contributed by atoms with van der Waals surface area (Å²) in [6.45, 7) is -0.0428. The second-order valence-corrected chi connectivity index (χ2v) is 5.60. The van der Waals surface area contributed by atoms with Crippen LogP contribution in [-0.4, -0.2) is 35.2 Å². The number of nitrogens with zero attached hydrogens (tertiary/aromatic N) is 1. The second kappa shape index (κ2) is 8.28. The Balaban J connectivity index is 1.86. The third kappa shape index (κ3) is 4.68. The van der Waals surface area contributed by atoms with Gasteiger partial charge in [-0.25, -0.2) is 4.79 Å². The van der Waals surface area contributed by atoms with Crippen LogP contribution in [0, 0.1) is 16.0 Å². The molecule has 0 heterocycles. The molecule has 0 saturated heterocycles. The molecule has 1 N–H and O–H groups in total. The molecule has 130 valence electrons. The first-order valence-corrected chi connectivity index (χ1v) is 7.80. The minimum Gasteiger partial charge on any atom is -0.483 e. The summed E-state index contributed by atoms with van der Waals surface area (Å²) in [6.07, 6.45) is 4.86. The lowest BCUT2D eigenvalue weighted by atomic mass is 9.89. The Morgan fingerprint density at radius 2 is 1.92 bits per heavy atom. The van der Waals surface area contributed by atoms with Crippen molar-refractivity contribution in [3.8, 4) is 5.75 Å². The molecule has 0 amide bonds. The van der Waals surface area contributed by atoms with E-state index in [9.17, 15) is 19.7 Å². The van der Waals surface area contributed by atoms with Crippen LogP contribution in [0.15, 0.2) is 18.2 Å². The number of carboxylic acid groups (broad SMARTS) is 1. The summed E-state index contributed by atoms with van der Waals surface area (Å²) >= 11 is 0. The SMILES string of the molecule is O=C(O)c1ccc(OCCOC(=O)C2CCCCC2)c([N+](=O)[O-])c1. The number of benzene rings is 1. The molecule has 24 heavy (non-hydrogen) atoms. The van der Waals surface area contributed by atoms with Crippen LogP contribution in [0.1, 0.15) is 42.5 Å². The summed E-state index contributed by atoms with van der Waals surface area (Å²) in [4.78, 5) is 33.0. The first-order chi connectivity index (χ1) is 11.5. The fraction of sp³-hybridized carbons (Fsp3) is 0.500. The Hall–Kier alpha value is -2.64. The number of nitro benzene ring substituents is 1. The number of esters is 1. The van der Waals surface area contributed by atoms with Gasteiger partial charge in [-0.2, -0.15) is 0 Å². The highest BCUT2D eigenvalue weighted by Gasteiger charge is 2.22. The molecule has 0 spiro atoms. The van der Waals surface area contributed by atoms with Crippen molar-refractivity contribution in [2.75, 3.05) is 13.2 Å². The lowest BCUT2D eigenvalue weighted by Crippen LogP contribution is -2.22. The number of carbonyl (C=O) groups excluding carboxylic acids is 1. The van der Waals surface area contributed by atoms with Gasteiger partial charge in [0.1, 0.15) is 13.2 Å². The molecule has 2 rings (SSSR count). The number of rotatable bonds is 7. The van der Waals surface area contributed by atoms with Gasteiger partial charge < -0.3 is 14.6 Å². The number of carboxylic acids is 1. The highest BCUT2D eigenvalue weighted by atomic mass is 16.6. The molecule has 1 aromatic rings. The molecule has 0 atom stereocenters. The maximum atomic E-state index is 11.9. The summed E-state index contributed by atoms with van der Waals surface area (Å²) in [5, 5.41) is 19.9. The van der Waals surface area contributed by atoms with Crippen molar-refractivity contribution in [2.24, 2.45) is 5.92 Å². The van der Waals surface area contributed by atoms with Crippen molar-refractivity contribution in [1.29, 1.82) is 0 Å². The van der Waals surface area contributed by atoms with Crippen LogP contribution in [0.5, 0.6) is 5.75 Å². The Bertz CT molecular complexity index is 623. The second-order valence-electron chi connectivity index (χ2n) is 5.60. The van der Waals surface area contributed by atoms with Crippen LogP contribution in [-0.2, 0) is 9.53 Å². The van der Waals surface area contributed by atoms with Gasteiger partial charge in [0.25, 0.3) is 0 Å². The zero-order valence-electron chi connectivity index (χ0n) is 13.1. The van der Waals surface area contributed by atoms with Crippen LogP contribution >= 0.6 is 0 Å². The summed E-state index contributed by atoms with van der Waals surface area (Å²) in [7, 11) is 0. The van der Waals surface area contributed by atoms with Crippen molar-refractivity contribution in [2.45, 2.75) is 32.1 Å². The van der Waals surface area contributed by atoms with Crippen molar-refractivity contribution in [3.05, 3.63) is 33.9 Å². The third-order valence-corrected chi connectivity index (χ3v) is 3.93. The molecule has 1 aliphatic rings. The average Bonchev–Trinajstić information content (AvgIpc) is 2.59. The predicted molar refractivity (Wildman–Crippen MR) is 83.1 cm³/mol. The average molecular weight is 337 g/mol. The molecule has 0 aromatic heterocycles. The van der Waals surface area contributed by atoms with Gasteiger partial charge in [-0.05, 0) is 25.0 Å². The van der Waals surface area contributed by atoms with Crippen molar-refractivity contribution in [3.63, 3.8) is 0 Å². The lowest BCUT2D eigenvalue weighted by Gasteiger charge is -2.19. The van der Waals surface area contributed by atoms with Crippen molar-refractivity contribution < 1.29 is 29.1 Å². The zero-order chi connectivity index (χ0) is 17.5. The van der Waals surface area contributed by atoms with Gasteiger partial charge in [0, 0.05) is 6.07 Å². The Morgan fingerprint density at radius 3 is 2.54 bits per heavy atom. The molecule has 1 aromatic carbocycles. The molecule has 1 aliphatic carbocycles. The molecule has 0 bridgehead atoms. The highest BCUT2D eigenvalue weighted by molar-refractivity contribution is 5.88. The van der Waals surface area contributed by atoms with Gasteiger partial charge in [0.15, 0.2) is 5.75 Å². The summed E-state index contributed by atoms with van der Waals surface area (Å²) in [6, 6.07) is 3.38. The van der Waals surface area contributed by atoms with E-state index < -0.39 is 16.6 Å². The molecule has 8 nitrogen and oxygen atoms in total. The van der Waals surface area contributed by atoms with Gasteiger partial charge in [0.2, 0.25) is 0 Å². The molecule has 0 aliphatic heterocycles. The van der Waals surface area contributed by atoms with Crippen LogP contribution in [0.25, 0.3) is 0 Å². The minimum atomic E-state index is -1.26. The van der Waals surface area contributed by atoms with Crippen molar-refractivity contribution in [1.82, 2.24) is 0 Å². The number of nitro groups is 1. The van der Waals surface area contributed by atoms with Crippen LogP contribution in [0.4, 0.5) is 5.69 Å². The van der Waals surface area contributed by atoms with E-state index in [1.807, 2.05) is 0 Å². The highest BCUT2D eigenvalue weighted by Crippen LogP contribution is 2.28. The van der Waals surface area contributed by atoms with Crippen LogP contribution < -0.4 is 4.74 Å². The first kappa shape index (κ1) is 17.7. The summed E-state index contributed by atoms with van der Waals surface area (Å²) < 4.78 is 10.4. The van der Waals surface area contributed by atoms with E-state index in [0.29, 0.717) is 0 Å². The largest absolute Gasteiger partial charge is 0.483 e. The Kier molecular flexibility index (Phi) is 6.11. The van der Waals surface area contributed by atoms with Gasteiger partial charge in [-0.1, -0.05) is 19.3 Å². The number of hydrogen-bond donors (Lipinski definition) is 1. The zero-order valence-corrected chi connectivity index (χ0v) is 13.1. The molecule has 1 fully saturated rings. The lowest BCUT2D eigenvalue weighted by molar-refractivity contribution is -0.385. The van der Waals surface area contributed by atoms with E-state index in [-0.39, 0.29) is 36.4 Å². The molecule has 0 radical (unpaired) electrons. The van der Waals surface area contributed by atoms with E-state index in [4.69, 9.17) is 14.6 Å². The fourth-order valence-corrected chi connectivity index (χ4v) is 2.67. The number of ether oxygens (including phenoxy) is 2. The third-order valence-electron chi connectivity index (χ3n) is 3.93. The molecular weight excluding hydrogens is 318 g/mol. The van der Waals surface area contributed by atoms with Gasteiger partial charge in [0.05, 0.1) is 16.4 Å². The van der Waals surface area contributed by atoms with Crippen LogP contribution in [0.3, 0.4) is 0 Å². The minimum absolute atomic E-state index is 0.00678. The number of aromatic carboxylic acids is 1. The quantitative estimate of drug-likeness (QED) is 0.352. The smallest absolute Gasteiger partial charge is 0.335 e. The van der Waals surface area contributed by atoms with E-state index >= 15 is 0 Å². The normalized spacial score (nSPS) is 14.8. The predicted octanol–water partition coefficient (Wildman–Crippen LogP) is 2.80. The summed E-state index contributed by atoms with van der Waals surface area (Å²) in [5.74, 6) is -1.64. The fourth-order valence-electron chi connectivity index (χ4n) is 2.67. The molecular formula is C16H19NO7. The summed E-state index contributed by atoms with van der Waals surface area (Å²) in [5.41, 5.74) is -0.633. The molecule has 0 unspecified atom stereocenters. The van der Waals surface area contributed by atoms with Gasteiger partial charge in [-0.3, -0.25) is 14.9 Å². The van der Waals surface area contributed by atoms with E-state index in [1.165, 1.54) is 12.1 Å². The maximum absolute atomic E-state index is 11.9. The topological polar surface area (TPSA) is 116 Å². The van der Waals surface area contributed by atoms with E-state index in [1.54, 1.807) is 0 Å². The monoisotopic (exact) mass is 337 g/mol. The van der Waals surface area contributed by atoms with Gasteiger partial charge in [-0.15, -0.1) is 0 Å². The van der Waals surface area contributed by atoms with Crippen LogP contribution in [0.2, 0.25) is 0 Å². The molecule has 8 heteroatoms. The Labute approximate surface area is 138 Å².